The number of nitrogens with one attached hydrogen (secondary N) is 1. The van der Waals surface area contributed by atoms with Crippen molar-refractivity contribution in [2.45, 2.75) is 24.3 Å². The lowest BCUT2D eigenvalue weighted by Gasteiger charge is -2.19. The summed E-state index contributed by atoms with van der Waals surface area (Å²) < 4.78 is 25.0. The molecule has 0 bridgehead atoms. The van der Waals surface area contributed by atoms with E-state index in [4.69, 9.17) is 20.8 Å². The lowest BCUT2D eigenvalue weighted by atomic mass is 9.99. The Morgan fingerprint density at radius 2 is 1.71 bits per heavy atom. The Labute approximate surface area is 205 Å². The third-order valence-corrected chi connectivity index (χ3v) is 5.95. The second-order valence-electron chi connectivity index (χ2n) is 7.35. The first kappa shape index (κ1) is 23.8. The summed E-state index contributed by atoms with van der Waals surface area (Å²) in [5, 5.41) is 11.8. The van der Waals surface area contributed by atoms with Gasteiger partial charge < -0.3 is 14.5 Å². The van der Waals surface area contributed by atoms with E-state index in [1.165, 1.54) is 12.1 Å². The van der Waals surface area contributed by atoms with Crippen molar-refractivity contribution in [3.63, 3.8) is 0 Å². The van der Waals surface area contributed by atoms with Crippen LogP contribution >= 0.6 is 23.4 Å². The molecule has 9 heteroatoms. The van der Waals surface area contributed by atoms with Gasteiger partial charge in [-0.15, -0.1) is 10.2 Å². The fraction of sp³-hybridized carbons (Fsp3) is 0.160. The van der Waals surface area contributed by atoms with Crippen LogP contribution in [0, 0.1) is 5.82 Å². The number of benzene rings is 3. The summed E-state index contributed by atoms with van der Waals surface area (Å²) in [6.45, 7) is 1.68. The first-order chi connectivity index (χ1) is 16.5. The lowest BCUT2D eigenvalue weighted by molar-refractivity contribution is -0.119. The largest absolute Gasteiger partial charge is 0.478 e. The molecule has 4 aromatic rings. The molecule has 0 spiro atoms. The van der Waals surface area contributed by atoms with E-state index in [1.807, 2.05) is 42.5 Å². The zero-order valence-corrected chi connectivity index (χ0v) is 19.7. The van der Waals surface area contributed by atoms with Gasteiger partial charge in [0.15, 0.2) is 17.7 Å². The van der Waals surface area contributed by atoms with Crippen molar-refractivity contribution < 1.29 is 18.3 Å². The Morgan fingerprint density at radius 3 is 2.44 bits per heavy atom. The fourth-order valence-corrected chi connectivity index (χ4v) is 3.92. The first-order valence-electron chi connectivity index (χ1n) is 10.5. The van der Waals surface area contributed by atoms with Crippen LogP contribution in [0.2, 0.25) is 5.02 Å². The summed E-state index contributed by atoms with van der Waals surface area (Å²) in [4.78, 5) is 12.7. The lowest BCUT2D eigenvalue weighted by Crippen LogP contribution is -2.30. The molecule has 0 radical (unpaired) electrons. The molecular formula is C25H21ClFN3O3S. The van der Waals surface area contributed by atoms with Crippen molar-refractivity contribution >= 4 is 29.3 Å². The molecule has 6 nitrogen and oxygen atoms in total. The van der Waals surface area contributed by atoms with E-state index < -0.39 is 11.9 Å². The summed E-state index contributed by atoms with van der Waals surface area (Å²) in [6, 6.07) is 22.8. The number of carbonyl (C=O) groups excluding carboxylic acids is 1. The number of amides is 1. The third-order valence-electron chi connectivity index (χ3n) is 4.88. The maximum Gasteiger partial charge on any atom is 0.277 e. The molecule has 1 amide bonds. The predicted octanol–water partition coefficient (Wildman–Crippen LogP) is 6.00. The Kier molecular flexibility index (Phi) is 7.82. The van der Waals surface area contributed by atoms with Gasteiger partial charge in [0.2, 0.25) is 5.91 Å². The Hall–Kier alpha value is -3.36. The van der Waals surface area contributed by atoms with Crippen LogP contribution in [0.25, 0.3) is 0 Å². The van der Waals surface area contributed by atoms with E-state index in [-0.39, 0.29) is 34.6 Å². The van der Waals surface area contributed by atoms with Crippen LogP contribution in [0.3, 0.4) is 0 Å². The minimum absolute atomic E-state index is 0.0705. The number of nitrogens with zero attached hydrogens (tertiary/aromatic N) is 2. The van der Waals surface area contributed by atoms with E-state index in [1.54, 1.807) is 31.2 Å². The zero-order chi connectivity index (χ0) is 23.9. The molecule has 0 aliphatic carbocycles. The van der Waals surface area contributed by atoms with Gasteiger partial charge in [0.1, 0.15) is 0 Å². The van der Waals surface area contributed by atoms with E-state index in [9.17, 15) is 9.18 Å². The molecule has 0 saturated carbocycles. The molecule has 4 rings (SSSR count). The third kappa shape index (κ3) is 6.15. The van der Waals surface area contributed by atoms with E-state index in [0.717, 1.165) is 22.9 Å². The number of rotatable bonds is 9. The molecule has 0 aliphatic rings. The van der Waals surface area contributed by atoms with E-state index in [2.05, 4.69) is 15.5 Å². The number of carbonyl (C=O) groups is 1. The van der Waals surface area contributed by atoms with E-state index >= 15 is 0 Å². The second-order valence-corrected chi connectivity index (χ2v) is 8.71. The average Bonchev–Trinajstić information content (AvgIpc) is 3.33. The second kappa shape index (κ2) is 11.2. The maximum atomic E-state index is 13.8. The Bertz CT molecular complexity index is 1240. The summed E-state index contributed by atoms with van der Waals surface area (Å²) in [5.41, 5.74) is 1.86. The molecule has 3 aromatic carbocycles. The summed E-state index contributed by atoms with van der Waals surface area (Å²) in [6.07, 6.45) is -0.653. The zero-order valence-electron chi connectivity index (χ0n) is 18.2. The van der Waals surface area contributed by atoms with Crippen LogP contribution in [-0.4, -0.2) is 21.9 Å². The van der Waals surface area contributed by atoms with Crippen molar-refractivity contribution in [2.24, 2.45) is 0 Å². The number of para-hydroxylation sites is 1. The Morgan fingerprint density at radius 1 is 1.03 bits per heavy atom. The number of thioether (sulfide) groups is 1. The van der Waals surface area contributed by atoms with Gasteiger partial charge in [0.25, 0.3) is 11.1 Å². The highest BCUT2D eigenvalue weighted by atomic mass is 35.5. The number of hydrogen-bond donors (Lipinski definition) is 1. The summed E-state index contributed by atoms with van der Waals surface area (Å²) in [5.74, 6) is -0.329. The highest BCUT2D eigenvalue weighted by molar-refractivity contribution is 7.99. The normalized spacial score (nSPS) is 12.7. The molecule has 0 fully saturated rings. The summed E-state index contributed by atoms with van der Waals surface area (Å²) in [7, 11) is 0. The number of ether oxygens (including phenoxy) is 1. The minimum Gasteiger partial charge on any atom is -0.478 e. The fourth-order valence-electron chi connectivity index (χ4n) is 3.21. The van der Waals surface area contributed by atoms with Crippen LogP contribution in [0.5, 0.6) is 5.75 Å². The molecule has 1 N–H and O–H groups in total. The number of aromatic nitrogens is 2. The molecule has 174 valence electrons. The molecule has 2 unspecified atom stereocenters. The standard InChI is InChI=1S/C25H21ClFN3O3S/c1-16(32-21-10-6-5-9-20(21)27)24-29-30-25(33-24)34-15-22(31)28-23(17-7-3-2-4-8-17)18-11-13-19(26)14-12-18/h2-14,16,23H,15H2,1H3,(H,28,31). The van der Waals surface area contributed by atoms with Crippen molar-refractivity contribution in [2.75, 3.05) is 5.75 Å². The smallest absolute Gasteiger partial charge is 0.277 e. The number of halogens is 2. The monoisotopic (exact) mass is 497 g/mol. The first-order valence-corrected chi connectivity index (χ1v) is 11.8. The maximum absolute atomic E-state index is 13.8. The van der Waals surface area contributed by atoms with E-state index in [0.29, 0.717) is 5.02 Å². The quantitative estimate of drug-likeness (QED) is 0.286. The number of hydrogen-bond acceptors (Lipinski definition) is 6. The van der Waals surface area contributed by atoms with Crippen molar-refractivity contribution in [1.29, 1.82) is 0 Å². The van der Waals surface area contributed by atoms with Crippen LogP contribution < -0.4 is 10.1 Å². The van der Waals surface area contributed by atoms with Crippen LogP contribution in [-0.2, 0) is 4.79 Å². The summed E-state index contributed by atoms with van der Waals surface area (Å²) >= 11 is 7.13. The molecule has 0 aliphatic heterocycles. The van der Waals surface area contributed by atoms with Gasteiger partial charge in [-0.2, -0.15) is 0 Å². The van der Waals surface area contributed by atoms with Crippen LogP contribution in [0.15, 0.2) is 88.5 Å². The molecule has 2 atom stereocenters. The van der Waals surface area contributed by atoms with Gasteiger partial charge in [-0.05, 0) is 42.3 Å². The topological polar surface area (TPSA) is 77.2 Å². The van der Waals surface area contributed by atoms with Gasteiger partial charge >= 0.3 is 0 Å². The van der Waals surface area contributed by atoms with Crippen LogP contribution in [0.4, 0.5) is 4.39 Å². The molecule has 0 saturated heterocycles. The van der Waals surface area contributed by atoms with Gasteiger partial charge in [-0.3, -0.25) is 4.79 Å². The highest BCUT2D eigenvalue weighted by Crippen LogP contribution is 2.27. The van der Waals surface area contributed by atoms with Gasteiger partial charge in [-0.1, -0.05) is 78.0 Å². The molecule has 34 heavy (non-hydrogen) atoms. The van der Waals surface area contributed by atoms with Crippen LogP contribution in [0.1, 0.15) is 36.1 Å². The minimum atomic E-state index is -0.653. The molecular weight excluding hydrogens is 477 g/mol. The van der Waals surface area contributed by atoms with Crippen molar-refractivity contribution in [1.82, 2.24) is 15.5 Å². The van der Waals surface area contributed by atoms with Crippen molar-refractivity contribution in [3.8, 4) is 5.75 Å². The Balaban J connectivity index is 1.37. The van der Waals surface area contributed by atoms with Crippen molar-refractivity contribution in [3.05, 3.63) is 107 Å². The highest BCUT2D eigenvalue weighted by Gasteiger charge is 2.20. The SMILES string of the molecule is CC(Oc1ccccc1F)c1nnc(SCC(=O)NC(c2ccccc2)c2ccc(Cl)cc2)o1. The molecule has 1 aromatic heterocycles. The predicted molar refractivity (Wildman–Crippen MR) is 128 cm³/mol. The average molecular weight is 498 g/mol. The van der Waals surface area contributed by atoms with Gasteiger partial charge in [-0.25, -0.2) is 4.39 Å². The molecule has 1 heterocycles. The van der Waals surface area contributed by atoms with Gasteiger partial charge in [0.05, 0.1) is 11.8 Å². The van der Waals surface area contributed by atoms with Gasteiger partial charge in [0, 0.05) is 5.02 Å².